The molecule has 196 valence electrons. The van der Waals surface area contributed by atoms with Crippen LogP contribution in [0.1, 0.15) is 32.2 Å². The molecule has 0 saturated heterocycles. The highest BCUT2D eigenvalue weighted by atomic mass is 16.5. The minimum absolute atomic E-state index is 0.0287. The van der Waals surface area contributed by atoms with Crippen LogP contribution in [0.4, 0.5) is 0 Å². The number of aromatic amines is 1. The summed E-state index contributed by atoms with van der Waals surface area (Å²) in [5.74, 6) is 1.29. The van der Waals surface area contributed by atoms with Crippen LogP contribution in [0.3, 0.4) is 0 Å². The molecule has 3 aliphatic rings. The molecule has 1 fully saturated rings. The number of ether oxygens (including phenoxy) is 3. The summed E-state index contributed by atoms with van der Waals surface area (Å²) in [6.07, 6.45) is 6.29. The average molecular weight is 515 g/mol. The first-order valence-corrected chi connectivity index (χ1v) is 13.0. The van der Waals surface area contributed by atoms with Crippen LogP contribution in [-0.2, 0) is 18.8 Å². The van der Waals surface area contributed by atoms with E-state index in [2.05, 4.69) is 10.1 Å². The van der Waals surface area contributed by atoms with E-state index in [1.54, 1.807) is 22.6 Å². The van der Waals surface area contributed by atoms with E-state index in [1.165, 1.54) is 0 Å². The Balaban J connectivity index is 1.60. The molecule has 2 aliphatic heterocycles. The number of pyridine rings is 1. The Morgan fingerprint density at radius 2 is 1.97 bits per heavy atom. The summed E-state index contributed by atoms with van der Waals surface area (Å²) in [4.78, 5) is 22.1. The topological polar surface area (TPSA) is 101 Å². The summed E-state index contributed by atoms with van der Waals surface area (Å²) in [5, 5.41) is 5.40. The molecule has 1 unspecified atom stereocenters. The molecule has 10 heteroatoms. The number of nitrogens with one attached hydrogen (secondary N) is 1. The van der Waals surface area contributed by atoms with Crippen molar-refractivity contribution in [2.75, 3.05) is 13.7 Å². The molecule has 1 aromatic carbocycles. The minimum atomic E-state index is -0.0534. The van der Waals surface area contributed by atoms with Gasteiger partial charge in [-0.25, -0.2) is 9.78 Å². The van der Waals surface area contributed by atoms with Crippen LogP contribution in [0.5, 0.6) is 11.6 Å². The maximum atomic E-state index is 13.7. The van der Waals surface area contributed by atoms with E-state index in [9.17, 15) is 4.79 Å². The monoisotopic (exact) mass is 514 g/mol. The number of hydrogen-bond donors (Lipinski definition) is 1. The molecule has 1 saturated carbocycles. The van der Waals surface area contributed by atoms with Crippen molar-refractivity contribution >= 4 is 22.1 Å². The zero-order chi connectivity index (χ0) is 26.1. The Hall–Kier alpha value is -4.05. The lowest BCUT2D eigenvalue weighted by Crippen LogP contribution is -2.27. The first-order chi connectivity index (χ1) is 18.4. The van der Waals surface area contributed by atoms with Crippen LogP contribution in [0.15, 0.2) is 41.5 Å². The summed E-state index contributed by atoms with van der Waals surface area (Å²) >= 11 is 0. The summed E-state index contributed by atoms with van der Waals surface area (Å²) in [6, 6.07) is 8.07. The summed E-state index contributed by atoms with van der Waals surface area (Å²) in [5.41, 5.74) is 5.94. The zero-order valence-electron chi connectivity index (χ0n) is 21.9. The van der Waals surface area contributed by atoms with Crippen molar-refractivity contribution in [1.29, 1.82) is 0 Å². The third-order valence-electron chi connectivity index (χ3n) is 7.90. The lowest BCUT2D eigenvalue weighted by Gasteiger charge is -2.19. The van der Waals surface area contributed by atoms with Crippen LogP contribution < -0.4 is 15.2 Å². The van der Waals surface area contributed by atoms with Crippen LogP contribution in [0.2, 0.25) is 0 Å². The standard InChI is InChI=1S/C28H30N6O4/c1-15-14-37-18-8-5-16(6-9-18)22-23-25-21(33(3)28(35)34(25)17-7-10-19(11-17)38-15)12-29-26(23)30-24(22)20-13-32(2)31-27(20)36-4/h5-6,8-9,12-13,15,17,19H,7,10-11,14H2,1-4H3,(H,29,30)/t15-,17?,19+/m1/s1. The molecule has 0 spiro atoms. The molecule has 1 N–H and O–H groups in total. The molecular formula is C28H30N6O4. The highest BCUT2D eigenvalue weighted by Crippen LogP contribution is 2.44. The zero-order valence-corrected chi connectivity index (χ0v) is 21.9. The lowest BCUT2D eigenvalue weighted by atomic mass is 9.99. The number of imidazole rings is 1. The maximum Gasteiger partial charge on any atom is 0.329 e. The summed E-state index contributed by atoms with van der Waals surface area (Å²) in [6.45, 7) is 2.51. The van der Waals surface area contributed by atoms with Gasteiger partial charge in [-0.15, -0.1) is 5.10 Å². The summed E-state index contributed by atoms with van der Waals surface area (Å²) < 4.78 is 23.5. The van der Waals surface area contributed by atoms with Crippen LogP contribution in [0.25, 0.3) is 44.5 Å². The first-order valence-electron chi connectivity index (χ1n) is 13.0. The Morgan fingerprint density at radius 3 is 2.76 bits per heavy atom. The van der Waals surface area contributed by atoms with E-state index >= 15 is 0 Å². The van der Waals surface area contributed by atoms with Crippen molar-refractivity contribution in [3.63, 3.8) is 0 Å². The van der Waals surface area contributed by atoms with Crippen molar-refractivity contribution in [3.05, 3.63) is 47.1 Å². The number of methoxy groups -OCH3 is 1. The van der Waals surface area contributed by atoms with Crippen LogP contribution in [-0.4, -0.2) is 54.8 Å². The van der Waals surface area contributed by atoms with Gasteiger partial charge in [0.2, 0.25) is 5.88 Å². The van der Waals surface area contributed by atoms with E-state index in [0.717, 1.165) is 63.8 Å². The second-order valence-electron chi connectivity index (χ2n) is 10.4. The van der Waals surface area contributed by atoms with E-state index in [1.807, 2.05) is 56.0 Å². The molecule has 8 rings (SSSR count). The van der Waals surface area contributed by atoms with Gasteiger partial charge in [-0.2, -0.15) is 0 Å². The molecule has 0 radical (unpaired) electrons. The Kier molecular flexibility index (Phi) is 5.16. The second-order valence-corrected chi connectivity index (χ2v) is 10.4. The molecule has 3 atom stereocenters. The Morgan fingerprint density at radius 1 is 1.16 bits per heavy atom. The van der Waals surface area contributed by atoms with Crippen LogP contribution in [0, 0.1) is 0 Å². The van der Waals surface area contributed by atoms with E-state index in [-0.39, 0.29) is 23.9 Å². The number of hydrogen-bond acceptors (Lipinski definition) is 6. The summed E-state index contributed by atoms with van der Waals surface area (Å²) in [7, 11) is 5.31. The SMILES string of the molecule is COc1nn(C)cc1-c1[nH]c2ncc3c4c2c1-c1ccc(cc1)OC[C@@H](C)O[C@H]1CCC(C1)n4c(=O)n3C. The van der Waals surface area contributed by atoms with E-state index in [0.29, 0.717) is 18.1 Å². The molecule has 5 aromatic rings. The molecule has 4 bridgehead atoms. The largest absolute Gasteiger partial charge is 0.491 e. The number of aryl methyl sites for hydroxylation is 2. The molecule has 1 aliphatic carbocycles. The van der Waals surface area contributed by atoms with E-state index in [4.69, 9.17) is 19.2 Å². The van der Waals surface area contributed by atoms with Gasteiger partial charge in [0.1, 0.15) is 18.0 Å². The molecule has 0 amide bonds. The smallest absolute Gasteiger partial charge is 0.329 e. The quantitative estimate of drug-likeness (QED) is 0.379. The van der Waals surface area contributed by atoms with Gasteiger partial charge >= 0.3 is 5.69 Å². The molecule has 6 heterocycles. The molecular weight excluding hydrogens is 484 g/mol. The van der Waals surface area contributed by atoms with Gasteiger partial charge < -0.3 is 19.2 Å². The van der Waals surface area contributed by atoms with Gasteiger partial charge in [0.25, 0.3) is 0 Å². The average Bonchev–Trinajstić information content (AvgIpc) is 3.67. The molecule has 38 heavy (non-hydrogen) atoms. The van der Waals surface area contributed by atoms with Gasteiger partial charge in [-0.05, 0) is 43.9 Å². The third-order valence-corrected chi connectivity index (χ3v) is 7.90. The van der Waals surface area contributed by atoms with Gasteiger partial charge in [0.05, 0.1) is 53.2 Å². The van der Waals surface area contributed by atoms with Gasteiger partial charge in [0, 0.05) is 31.9 Å². The number of nitrogens with zero attached hydrogens (tertiary/aromatic N) is 5. The number of fused-ring (bicyclic) bond motifs is 5. The van der Waals surface area contributed by atoms with Gasteiger partial charge in [0.15, 0.2) is 0 Å². The van der Waals surface area contributed by atoms with Crippen molar-refractivity contribution in [1.82, 2.24) is 28.9 Å². The van der Waals surface area contributed by atoms with Gasteiger partial charge in [-0.1, -0.05) is 12.1 Å². The van der Waals surface area contributed by atoms with Crippen LogP contribution >= 0.6 is 0 Å². The first kappa shape index (κ1) is 23.1. The minimum Gasteiger partial charge on any atom is -0.491 e. The number of benzene rings is 1. The van der Waals surface area contributed by atoms with E-state index < -0.39 is 0 Å². The van der Waals surface area contributed by atoms with Gasteiger partial charge in [-0.3, -0.25) is 13.8 Å². The van der Waals surface area contributed by atoms with Crippen molar-refractivity contribution in [2.45, 2.75) is 44.4 Å². The second kappa shape index (κ2) is 8.49. The number of H-pyrrole nitrogens is 1. The predicted molar refractivity (Wildman–Crippen MR) is 144 cm³/mol. The number of aromatic nitrogens is 6. The maximum absolute atomic E-state index is 13.7. The highest BCUT2D eigenvalue weighted by molar-refractivity contribution is 6.14. The predicted octanol–water partition coefficient (Wildman–Crippen LogP) is 4.18. The molecule has 4 aromatic heterocycles. The normalized spacial score (nSPS) is 21.2. The fraction of sp³-hybridized carbons (Fsp3) is 0.393. The fourth-order valence-corrected chi connectivity index (χ4v) is 6.17. The molecule has 10 nitrogen and oxygen atoms in total. The fourth-order valence-electron chi connectivity index (χ4n) is 6.17. The highest BCUT2D eigenvalue weighted by Gasteiger charge is 2.33. The van der Waals surface area contributed by atoms with Crippen molar-refractivity contribution < 1.29 is 14.2 Å². The number of rotatable bonds is 2. The van der Waals surface area contributed by atoms with Crippen molar-refractivity contribution in [2.24, 2.45) is 14.1 Å². The third kappa shape index (κ3) is 3.39. The Bertz CT molecular complexity index is 1740. The van der Waals surface area contributed by atoms with Crippen molar-refractivity contribution in [3.8, 4) is 34.0 Å². The lowest BCUT2D eigenvalue weighted by molar-refractivity contribution is -0.0215. The Labute approximate surface area is 218 Å².